The van der Waals surface area contributed by atoms with E-state index in [1.807, 2.05) is 0 Å². The Hall–Kier alpha value is -1.79. The Labute approximate surface area is 151 Å². The zero-order valence-electron chi connectivity index (χ0n) is 14.1. The zero-order valence-corrected chi connectivity index (χ0v) is 14.9. The summed E-state index contributed by atoms with van der Waals surface area (Å²) in [5, 5.41) is 29.7. The molecule has 0 saturated carbocycles. The molecule has 1 aliphatic heterocycles. The molecule has 3 N–H and O–H groups in total. The number of benzene rings is 1. The third-order valence-electron chi connectivity index (χ3n) is 4.30. The second-order valence-electron chi connectivity index (χ2n) is 6.50. The molecule has 25 heavy (non-hydrogen) atoms. The maximum absolute atomic E-state index is 12.5. The monoisotopic (exact) mass is 370 g/mol. The smallest absolute Gasteiger partial charge is 0.342 e. The van der Waals surface area contributed by atoms with Crippen LogP contribution in [0.4, 0.5) is 0 Å². The molecule has 0 aromatic heterocycles. The molecule has 0 radical (unpaired) electrons. The molecule has 2 atom stereocenters. The van der Waals surface area contributed by atoms with Gasteiger partial charge >= 0.3 is 5.97 Å². The number of cyclic esters (lactones) is 1. The summed E-state index contributed by atoms with van der Waals surface area (Å²) < 4.78 is 5.29. The van der Waals surface area contributed by atoms with Crippen molar-refractivity contribution in [1.29, 1.82) is 0 Å². The fourth-order valence-corrected chi connectivity index (χ4v) is 3.25. The third kappa shape index (κ3) is 5.09. The lowest BCUT2D eigenvalue weighted by atomic mass is 9.97. The lowest BCUT2D eigenvalue weighted by Gasteiger charge is -2.20. The molecule has 0 fully saturated rings. The van der Waals surface area contributed by atoms with E-state index < -0.39 is 29.7 Å². The van der Waals surface area contributed by atoms with Gasteiger partial charge in [-0.1, -0.05) is 24.4 Å². The van der Waals surface area contributed by atoms with Crippen molar-refractivity contribution in [2.45, 2.75) is 64.1 Å². The first-order chi connectivity index (χ1) is 11.8. The van der Waals surface area contributed by atoms with E-state index in [9.17, 15) is 24.9 Å². The van der Waals surface area contributed by atoms with Gasteiger partial charge in [0.2, 0.25) is 0 Å². The molecule has 1 heterocycles. The average Bonchev–Trinajstić information content (AvgIpc) is 2.50. The molecule has 1 unspecified atom stereocenters. The second kappa shape index (κ2) is 8.54. The summed E-state index contributed by atoms with van der Waals surface area (Å²) in [4.78, 5) is 24.7. The quantitative estimate of drug-likeness (QED) is 0.606. The van der Waals surface area contributed by atoms with Crippen molar-refractivity contribution < 1.29 is 29.6 Å². The van der Waals surface area contributed by atoms with Crippen molar-refractivity contribution >= 4 is 23.4 Å². The van der Waals surface area contributed by atoms with Gasteiger partial charge in [-0.05, 0) is 19.8 Å². The number of fused-ring (bicyclic) bond motifs is 1. The van der Waals surface area contributed by atoms with Crippen LogP contribution in [0.1, 0.15) is 61.4 Å². The number of esters is 1. The molecule has 1 aromatic carbocycles. The summed E-state index contributed by atoms with van der Waals surface area (Å²) in [5.74, 6) is -1.87. The highest BCUT2D eigenvalue weighted by Crippen LogP contribution is 2.37. The summed E-state index contributed by atoms with van der Waals surface area (Å²) >= 11 is 6.06. The Kier molecular flexibility index (Phi) is 6.67. The number of carbonyl (C=O) groups is 2. The van der Waals surface area contributed by atoms with Crippen LogP contribution in [0, 0.1) is 0 Å². The molecule has 0 bridgehead atoms. The maximum atomic E-state index is 12.5. The normalized spacial score (nSPS) is 23.5. The Bertz CT molecular complexity index is 657. The van der Waals surface area contributed by atoms with Crippen molar-refractivity contribution in [3.05, 3.63) is 22.2 Å². The number of aliphatic hydroxyl groups is 1. The van der Waals surface area contributed by atoms with E-state index in [1.54, 1.807) is 6.92 Å². The first-order valence-corrected chi connectivity index (χ1v) is 8.81. The fraction of sp³-hybridized carbons (Fsp3) is 0.556. The highest BCUT2D eigenvalue weighted by atomic mass is 35.5. The number of ketones is 1. The number of ether oxygens (including phenoxy) is 1. The first-order valence-electron chi connectivity index (χ1n) is 8.43. The van der Waals surface area contributed by atoms with Crippen molar-refractivity contribution in [3.8, 4) is 11.5 Å². The predicted molar refractivity (Wildman–Crippen MR) is 92.1 cm³/mol. The number of aromatic hydroxyl groups is 2. The van der Waals surface area contributed by atoms with E-state index in [0.29, 0.717) is 19.3 Å². The molecule has 138 valence electrons. The van der Waals surface area contributed by atoms with Gasteiger partial charge in [-0.2, -0.15) is 0 Å². The van der Waals surface area contributed by atoms with Crippen LogP contribution in [0.15, 0.2) is 6.07 Å². The Morgan fingerprint density at radius 2 is 1.88 bits per heavy atom. The summed E-state index contributed by atoms with van der Waals surface area (Å²) in [5.41, 5.74) is -0.145. The van der Waals surface area contributed by atoms with Crippen molar-refractivity contribution in [3.63, 3.8) is 0 Å². The Morgan fingerprint density at radius 3 is 2.60 bits per heavy atom. The molecular formula is C18H23ClO6. The SMILES string of the molecule is C[C@@H]1CC(O)CCCCCC(=O)Cc2c(Cl)c(O)cc(O)c2C(=O)O1. The van der Waals surface area contributed by atoms with Crippen LogP contribution in [0.3, 0.4) is 0 Å². The minimum Gasteiger partial charge on any atom is -0.507 e. The number of Topliss-reactive ketones (excluding diaryl/α,β-unsaturated/α-hetero) is 1. The Balaban J connectivity index is 2.40. The van der Waals surface area contributed by atoms with Crippen LogP contribution in [0.25, 0.3) is 0 Å². The van der Waals surface area contributed by atoms with Crippen LogP contribution in [0.2, 0.25) is 5.02 Å². The van der Waals surface area contributed by atoms with E-state index in [0.717, 1.165) is 18.9 Å². The van der Waals surface area contributed by atoms with Gasteiger partial charge in [0.1, 0.15) is 28.9 Å². The van der Waals surface area contributed by atoms with E-state index in [2.05, 4.69) is 0 Å². The maximum Gasteiger partial charge on any atom is 0.342 e. The molecule has 0 amide bonds. The minimum absolute atomic E-state index is 0.0685. The average molecular weight is 371 g/mol. The van der Waals surface area contributed by atoms with Crippen molar-refractivity contribution in [1.82, 2.24) is 0 Å². The van der Waals surface area contributed by atoms with E-state index in [4.69, 9.17) is 16.3 Å². The predicted octanol–water partition coefficient (Wildman–Crippen LogP) is 3.12. The second-order valence-corrected chi connectivity index (χ2v) is 6.88. The number of phenolic OH excluding ortho intramolecular Hbond substituents is 2. The van der Waals surface area contributed by atoms with Gasteiger partial charge < -0.3 is 20.1 Å². The van der Waals surface area contributed by atoms with Crippen LogP contribution in [-0.4, -0.2) is 39.3 Å². The highest BCUT2D eigenvalue weighted by Gasteiger charge is 2.26. The number of halogens is 1. The van der Waals surface area contributed by atoms with Gasteiger partial charge in [0.05, 0.1) is 11.1 Å². The molecule has 0 aliphatic carbocycles. The van der Waals surface area contributed by atoms with E-state index in [1.165, 1.54) is 0 Å². The number of aliphatic hydroxyl groups excluding tert-OH is 1. The summed E-state index contributed by atoms with van der Waals surface area (Å²) in [6, 6.07) is 0.954. The third-order valence-corrected chi connectivity index (χ3v) is 4.73. The Morgan fingerprint density at radius 1 is 1.16 bits per heavy atom. The molecular weight excluding hydrogens is 348 g/mol. The van der Waals surface area contributed by atoms with Crippen molar-refractivity contribution in [2.75, 3.05) is 0 Å². The number of carbonyl (C=O) groups excluding carboxylic acids is 2. The van der Waals surface area contributed by atoms with Crippen LogP contribution in [-0.2, 0) is 16.0 Å². The largest absolute Gasteiger partial charge is 0.507 e. The number of hydrogen-bond acceptors (Lipinski definition) is 6. The molecule has 1 aromatic rings. The van der Waals surface area contributed by atoms with Gasteiger partial charge in [0, 0.05) is 30.9 Å². The lowest BCUT2D eigenvalue weighted by Crippen LogP contribution is -2.23. The fourth-order valence-electron chi connectivity index (χ4n) is 3.03. The van der Waals surface area contributed by atoms with E-state index in [-0.39, 0.29) is 34.8 Å². The minimum atomic E-state index is -0.834. The molecule has 0 spiro atoms. The number of phenols is 2. The van der Waals surface area contributed by atoms with Crippen LogP contribution < -0.4 is 0 Å². The standard InChI is InChI=1S/C18H23ClO6/c1-10-7-11(20)5-3-2-4-6-12(21)8-13-16(18(24)25-10)14(22)9-15(23)17(13)19/h9-11,20,22-23H,2-8H2,1H3/t10-,11?/m1/s1. The van der Waals surface area contributed by atoms with Gasteiger partial charge in [-0.15, -0.1) is 0 Å². The van der Waals surface area contributed by atoms with Crippen LogP contribution in [0.5, 0.6) is 11.5 Å². The summed E-state index contributed by atoms with van der Waals surface area (Å²) in [7, 11) is 0. The molecule has 1 aliphatic rings. The van der Waals surface area contributed by atoms with Gasteiger partial charge in [0.15, 0.2) is 0 Å². The summed E-state index contributed by atoms with van der Waals surface area (Å²) in [6.45, 7) is 1.65. The van der Waals surface area contributed by atoms with Gasteiger partial charge in [-0.25, -0.2) is 4.79 Å². The zero-order chi connectivity index (χ0) is 18.6. The number of hydrogen-bond donors (Lipinski definition) is 3. The number of rotatable bonds is 0. The molecule has 0 saturated heterocycles. The lowest BCUT2D eigenvalue weighted by molar-refractivity contribution is -0.118. The van der Waals surface area contributed by atoms with Crippen LogP contribution >= 0.6 is 11.6 Å². The molecule has 7 heteroatoms. The van der Waals surface area contributed by atoms with E-state index >= 15 is 0 Å². The topological polar surface area (TPSA) is 104 Å². The van der Waals surface area contributed by atoms with Crippen molar-refractivity contribution in [2.24, 2.45) is 0 Å². The van der Waals surface area contributed by atoms with Gasteiger partial charge in [-0.3, -0.25) is 4.79 Å². The molecule has 2 rings (SSSR count). The highest BCUT2D eigenvalue weighted by molar-refractivity contribution is 6.33. The summed E-state index contributed by atoms with van der Waals surface area (Å²) in [6.07, 6.45) is 2.10. The molecule has 6 nitrogen and oxygen atoms in total. The first kappa shape index (κ1) is 19.5. The van der Waals surface area contributed by atoms with Gasteiger partial charge in [0.25, 0.3) is 0 Å².